The van der Waals surface area contributed by atoms with Crippen LogP contribution in [0.5, 0.6) is 0 Å². The molecule has 0 spiro atoms. The van der Waals surface area contributed by atoms with Gasteiger partial charge in [-0.25, -0.2) is 13.1 Å². The van der Waals surface area contributed by atoms with Crippen molar-refractivity contribution in [3.05, 3.63) is 59.2 Å². The highest BCUT2D eigenvalue weighted by molar-refractivity contribution is 7.89. The number of nitrogens with one attached hydrogen (secondary N) is 2. The Morgan fingerprint density at radius 1 is 1.02 bits per heavy atom. The molecule has 2 heterocycles. The van der Waals surface area contributed by atoms with Crippen molar-refractivity contribution in [3.63, 3.8) is 0 Å². The summed E-state index contributed by atoms with van der Waals surface area (Å²) in [5.74, 6) is -1.40. The summed E-state index contributed by atoms with van der Waals surface area (Å²) < 4.78 is 111. The van der Waals surface area contributed by atoms with Crippen LogP contribution in [-0.4, -0.2) is 62.3 Å². The van der Waals surface area contributed by atoms with E-state index in [2.05, 4.69) is 10.0 Å². The molecule has 218 valence electrons. The number of nitrogens with zero attached hydrogens (tertiary/aromatic N) is 1. The molecule has 0 bridgehead atoms. The molecule has 2 aromatic rings. The molecule has 1 saturated heterocycles. The van der Waals surface area contributed by atoms with E-state index < -0.39 is 57.5 Å². The summed E-state index contributed by atoms with van der Waals surface area (Å²) in [6, 6.07) is 4.83. The SMILES string of the molecule is CNS(=O)(=O)c1ccc2c(c1)CN(C(=O)C1CCCO1)C2C(=O)Nc1ccc(C(O)(C(F)(F)F)C(F)(F)F)cc1. The zero-order valence-electron chi connectivity index (χ0n) is 20.6. The Morgan fingerprint density at radius 3 is 2.17 bits per heavy atom. The van der Waals surface area contributed by atoms with Crippen LogP contribution < -0.4 is 10.0 Å². The van der Waals surface area contributed by atoms with E-state index in [4.69, 9.17) is 4.74 Å². The summed E-state index contributed by atoms with van der Waals surface area (Å²) in [5.41, 5.74) is -6.24. The number of halogens is 6. The number of fused-ring (bicyclic) bond motifs is 1. The third kappa shape index (κ3) is 5.15. The topological polar surface area (TPSA) is 125 Å². The van der Waals surface area contributed by atoms with Gasteiger partial charge in [0.2, 0.25) is 10.0 Å². The summed E-state index contributed by atoms with van der Waals surface area (Å²) in [4.78, 5) is 27.6. The average Bonchev–Trinajstić information content (AvgIpc) is 3.55. The number of alkyl halides is 6. The van der Waals surface area contributed by atoms with Gasteiger partial charge >= 0.3 is 12.4 Å². The number of rotatable bonds is 6. The Kier molecular flexibility index (Phi) is 7.68. The average molecular weight is 596 g/mol. The van der Waals surface area contributed by atoms with Gasteiger partial charge in [-0.2, -0.15) is 26.3 Å². The van der Waals surface area contributed by atoms with E-state index in [1.807, 2.05) is 0 Å². The van der Waals surface area contributed by atoms with Crippen LogP contribution in [0.1, 0.15) is 35.6 Å². The number of carbonyl (C=O) groups excluding carboxylic acids is 2. The first-order valence-electron chi connectivity index (χ1n) is 11.8. The van der Waals surface area contributed by atoms with Crippen LogP contribution in [0.4, 0.5) is 32.0 Å². The van der Waals surface area contributed by atoms with Gasteiger partial charge in [-0.3, -0.25) is 9.59 Å². The second-order valence-electron chi connectivity index (χ2n) is 9.21. The number of carbonyl (C=O) groups is 2. The summed E-state index contributed by atoms with van der Waals surface area (Å²) in [5, 5.41) is 11.9. The number of hydrogen-bond donors (Lipinski definition) is 3. The Balaban J connectivity index is 1.65. The van der Waals surface area contributed by atoms with Crippen LogP contribution in [-0.2, 0) is 36.5 Å². The normalized spacial score (nSPS) is 19.9. The number of amides is 2. The monoisotopic (exact) mass is 595 g/mol. The van der Waals surface area contributed by atoms with E-state index in [0.717, 1.165) is 12.1 Å². The van der Waals surface area contributed by atoms with E-state index in [-0.39, 0.29) is 22.7 Å². The highest BCUT2D eigenvalue weighted by Gasteiger charge is 2.71. The lowest BCUT2D eigenvalue weighted by atomic mass is 9.92. The van der Waals surface area contributed by atoms with Crippen molar-refractivity contribution in [3.8, 4) is 0 Å². The molecule has 1 fully saturated rings. The molecular formula is C24H23F6N3O6S. The smallest absolute Gasteiger partial charge is 0.369 e. The number of sulfonamides is 1. The highest BCUT2D eigenvalue weighted by Crippen LogP contribution is 2.50. The van der Waals surface area contributed by atoms with Crippen molar-refractivity contribution < 1.29 is 54.2 Å². The molecular weight excluding hydrogens is 572 g/mol. The minimum absolute atomic E-state index is 0.114. The fourth-order valence-corrected chi connectivity index (χ4v) is 5.43. The molecule has 3 N–H and O–H groups in total. The van der Waals surface area contributed by atoms with Crippen molar-refractivity contribution in [2.75, 3.05) is 19.0 Å². The largest absolute Gasteiger partial charge is 0.430 e. The standard InChI is InChI=1S/C24H23F6N3O6S/c1-31-40(37,38)16-8-9-17-13(11-16)12-33(21(35)18-3-2-10-39-18)19(17)20(34)32-15-6-4-14(5-7-15)22(36,23(25,26)27)24(28,29)30/h4-9,11,18-19,31,36H,2-3,10,12H2,1H3,(H,32,34). The second kappa shape index (κ2) is 10.3. The van der Waals surface area contributed by atoms with Crippen molar-refractivity contribution in [1.82, 2.24) is 9.62 Å². The minimum atomic E-state index is -6.08. The zero-order valence-corrected chi connectivity index (χ0v) is 21.5. The van der Waals surface area contributed by atoms with Gasteiger partial charge in [0.15, 0.2) is 0 Å². The summed E-state index contributed by atoms with van der Waals surface area (Å²) in [7, 11) is -2.65. The van der Waals surface area contributed by atoms with Crippen molar-refractivity contribution in [2.24, 2.45) is 0 Å². The van der Waals surface area contributed by atoms with Crippen LogP contribution in [0, 0.1) is 0 Å². The lowest BCUT2D eigenvalue weighted by Crippen LogP contribution is -2.53. The van der Waals surface area contributed by atoms with E-state index in [0.29, 0.717) is 37.1 Å². The molecule has 2 atom stereocenters. The van der Waals surface area contributed by atoms with Crippen LogP contribution in [0.3, 0.4) is 0 Å². The van der Waals surface area contributed by atoms with Crippen LogP contribution in [0.15, 0.2) is 47.4 Å². The van der Waals surface area contributed by atoms with Crippen LogP contribution >= 0.6 is 0 Å². The van der Waals surface area contributed by atoms with Gasteiger partial charge in [-0.15, -0.1) is 0 Å². The molecule has 4 rings (SSSR count). The number of aliphatic hydroxyl groups is 1. The van der Waals surface area contributed by atoms with Gasteiger partial charge in [-0.1, -0.05) is 18.2 Å². The summed E-state index contributed by atoms with van der Waals surface area (Å²) in [6.07, 6.45) is -12.0. The quantitative estimate of drug-likeness (QED) is 0.441. The van der Waals surface area contributed by atoms with Crippen LogP contribution in [0.25, 0.3) is 0 Å². The van der Waals surface area contributed by atoms with Gasteiger partial charge in [0.1, 0.15) is 12.1 Å². The van der Waals surface area contributed by atoms with Gasteiger partial charge in [0.05, 0.1) is 4.90 Å². The van der Waals surface area contributed by atoms with Gasteiger partial charge in [0, 0.05) is 24.4 Å². The maximum absolute atomic E-state index is 13.4. The van der Waals surface area contributed by atoms with Gasteiger partial charge in [0.25, 0.3) is 17.4 Å². The summed E-state index contributed by atoms with van der Waals surface area (Å²) >= 11 is 0. The second-order valence-corrected chi connectivity index (χ2v) is 11.1. The summed E-state index contributed by atoms with van der Waals surface area (Å²) in [6.45, 7) is 0.176. The maximum Gasteiger partial charge on any atom is 0.430 e. The third-order valence-electron chi connectivity index (χ3n) is 6.77. The van der Waals surface area contributed by atoms with Crippen LogP contribution in [0.2, 0.25) is 0 Å². The predicted molar refractivity (Wildman–Crippen MR) is 126 cm³/mol. The number of ether oxygens (including phenoxy) is 1. The number of hydrogen-bond acceptors (Lipinski definition) is 6. The molecule has 40 heavy (non-hydrogen) atoms. The molecule has 0 aliphatic carbocycles. The molecule has 9 nitrogen and oxygen atoms in total. The minimum Gasteiger partial charge on any atom is -0.369 e. The zero-order chi connectivity index (χ0) is 29.7. The Morgan fingerprint density at radius 2 is 1.65 bits per heavy atom. The Hall–Kier alpha value is -3.21. The van der Waals surface area contributed by atoms with Gasteiger partial charge < -0.3 is 20.1 Å². The molecule has 2 unspecified atom stereocenters. The molecule has 0 radical (unpaired) electrons. The lowest BCUT2D eigenvalue weighted by Gasteiger charge is -2.32. The molecule has 2 aliphatic heterocycles. The first kappa shape index (κ1) is 29.8. The molecule has 16 heteroatoms. The fourth-order valence-electron chi connectivity index (χ4n) is 4.65. The van der Waals surface area contributed by atoms with E-state index in [1.54, 1.807) is 0 Å². The van der Waals surface area contributed by atoms with Crippen molar-refractivity contribution in [2.45, 2.75) is 54.4 Å². The van der Waals surface area contributed by atoms with E-state index >= 15 is 0 Å². The Labute approximate surface area is 224 Å². The van der Waals surface area contributed by atoms with Crippen molar-refractivity contribution in [1.29, 1.82) is 0 Å². The third-order valence-corrected chi connectivity index (χ3v) is 8.18. The number of benzene rings is 2. The van der Waals surface area contributed by atoms with Crippen molar-refractivity contribution >= 4 is 27.5 Å². The first-order chi connectivity index (χ1) is 18.5. The Bertz CT molecular complexity index is 1390. The first-order valence-corrected chi connectivity index (χ1v) is 13.3. The fraction of sp³-hybridized carbons (Fsp3) is 0.417. The van der Waals surface area contributed by atoms with E-state index in [9.17, 15) is 49.5 Å². The van der Waals surface area contributed by atoms with Gasteiger partial charge in [-0.05, 0) is 55.3 Å². The molecule has 2 aromatic carbocycles. The number of anilines is 1. The predicted octanol–water partition coefficient (Wildman–Crippen LogP) is 3.11. The molecule has 2 aliphatic rings. The van der Waals surface area contributed by atoms with E-state index in [1.165, 1.54) is 30.1 Å². The lowest BCUT2D eigenvalue weighted by molar-refractivity contribution is -0.376. The maximum atomic E-state index is 13.4. The molecule has 2 amide bonds. The molecule has 0 saturated carbocycles. The highest BCUT2D eigenvalue weighted by atomic mass is 32.2. The molecule has 0 aromatic heterocycles.